The highest BCUT2D eigenvalue weighted by Crippen LogP contribution is 2.61. The maximum atomic E-state index is 13.2. The molecule has 1 saturated carbocycles. The molecule has 6 heterocycles. The number of aliphatic hydroxyl groups is 1. The number of nitrogens with zero attached hydrogens (tertiary/aromatic N) is 3. The van der Waals surface area contributed by atoms with Crippen molar-refractivity contribution in [1.82, 2.24) is 19.8 Å². The molecule has 7 heteroatoms. The zero-order chi connectivity index (χ0) is 33.7. The summed E-state index contributed by atoms with van der Waals surface area (Å²) in [6.45, 7) is 4.34. The molecule has 1 amide bonds. The van der Waals surface area contributed by atoms with Gasteiger partial charge < -0.3 is 20.3 Å². The molecule has 2 aliphatic carbocycles. The van der Waals surface area contributed by atoms with Crippen molar-refractivity contribution >= 4 is 39.0 Å². The summed E-state index contributed by atoms with van der Waals surface area (Å²) in [4.78, 5) is 27.6. The summed E-state index contributed by atoms with van der Waals surface area (Å²) >= 11 is 0. The first-order valence-corrected chi connectivity index (χ1v) is 20.0. The van der Waals surface area contributed by atoms with Gasteiger partial charge in [0.2, 0.25) is 5.91 Å². The second-order valence-corrected chi connectivity index (χ2v) is 16.6. The molecule has 1 unspecified atom stereocenters. The Labute approximate surface area is 297 Å². The quantitative estimate of drug-likeness (QED) is 0.243. The van der Waals surface area contributed by atoms with Crippen LogP contribution in [-0.4, -0.2) is 74.6 Å². The smallest absolute Gasteiger partial charge is 0.227 e. The fraction of sp³-hybridized carbons (Fsp3) is 0.581. The van der Waals surface area contributed by atoms with Gasteiger partial charge in [0.1, 0.15) is 0 Å². The van der Waals surface area contributed by atoms with Crippen LogP contribution in [0.2, 0.25) is 0 Å². The predicted molar refractivity (Wildman–Crippen MR) is 203 cm³/mol. The minimum Gasteiger partial charge on any atom is -0.384 e. The summed E-state index contributed by atoms with van der Waals surface area (Å²) in [5.41, 5.74) is 4.19. The SMILES string of the molecule is O=C(Nc1ccc2[nH]c3c(C4=C[C@@]5(O)CC/C=C\CCCCN6CC[C@@H]4[C@]4(C[C@@H]7/C=C\CCCCN7[C@H]45)C6)nccc3c2c1)C1CCCCC1. The van der Waals surface area contributed by atoms with Gasteiger partial charge in [0.15, 0.2) is 0 Å². The first kappa shape index (κ1) is 32.6. The van der Waals surface area contributed by atoms with Gasteiger partial charge in [0, 0.05) is 52.1 Å². The van der Waals surface area contributed by atoms with E-state index in [0.717, 1.165) is 124 Å². The number of amides is 1. The Morgan fingerprint density at radius 1 is 0.900 bits per heavy atom. The Balaban J connectivity index is 1.16. The number of rotatable bonds is 3. The van der Waals surface area contributed by atoms with Crippen LogP contribution in [0.25, 0.3) is 27.4 Å². The second kappa shape index (κ2) is 13.4. The molecule has 6 aliphatic rings. The lowest BCUT2D eigenvalue weighted by Gasteiger charge is -2.58. The topological polar surface area (TPSA) is 84.5 Å². The molecule has 3 aromatic rings. The number of benzene rings is 1. The molecular weight excluding hydrogens is 619 g/mol. The number of nitrogens with one attached hydrogen (secondary N) is 2. The predicted octanol–water partition coefficient (Wildman–Crippen LogP) is 8.37. The van der Waals surface area contributed by atoms with Gasteiger partial charge in [-0.3, -0.25) is 14.7 Å². The van der Waals surface area contributed by atoms with E-state index in [1.807, 2.05) is 12.3 Å². The fourth-order valence-electron chi connectivity index (χ4n) is 11.3. The van der Waals surface area contributed by atoms with Crippen molar-refractivity contribution < 1.29 is 9.90 Å². The highest BCUT2D eigenvalue weighted by atomic mass is 16.3. The molecule has 9 rings (SSSR count). The van der Waals surface area contributed by atoms with E-state index < -0.39 is 5.60 Å². The van der Waals surface area contributed by atoms with Gasteiger partial charge in [-0.1, -0.05) is 43.6 Å². The van der Waals surface area contributed by atoms with Crippen molar-refractivity contribution in [2.75, 3.05) is 31.5 Å². The third kappa shape index (κ3) is 5.68. The van der Waals surface area contributed by atoms with Crippen LogP contribution in [0.15, 0.2) is 60.8 Å². The molecule has 50 heavy (non-hydrogen) atoms. The van der Waals surface area contributed by atoms with Crippen molar-refractivity contribution in [1.29, 1.82) is 0 Å². The summed E-state index contributed by atoms with van der Waals surface area (Å²) in [5.74, 6) is 0.594. The summed E-state index contributed by atoms with van der Waals surface area (Å²) in [6.07, 6.45) is 30.3. The molecule has 2 saturated heterocycles. The van der Waals surface area contributed by atoms with Gasteiger partial charge >= 0.3 is 0 Å². The molecule has 6 atom stereocenters. The van der Waals surface area contributed by atoms with E-state index in [1.54, 1.807) is 0 Å². The average molecular weight is 674 g/mol. The zero-order valence-electron chi connectivity index (χ0n) is 29.7. The van der Waals surface area contributed by atoms with Crippen molar-refractivity contribution in [3.05, 3.63) is 66.5 Å². The summed E-state index contributed by atoms with van der Waals surface area (Å²) < 4.78 is 0. The lowest BCUT2D eigenvalue weighted by molar-refractivity contribution is -0.120. The lowest BCUT2D eigenvalue weighted by Crippen LogP contribution is -2.65. The number of carbonyl (C=O) groups excluding carboxylic acids is 1. The van der Waals surface area contributed by atoms with E-state index in [1.165, 1.54) is 37.7 Å². The molecule has 2 aromatic heterocycles. The first-order valence-electron chi connectivity index (χ1n) is 20.0. The highest BCUT2D eigenvalue weighted by molar-refractivity contribution is 6.11. The second-order valence-electron chi connectivity index (χ2n) is 16.6. The van der Waals surface area contributed by atoms with Crippen LogP contribution in [0.1, 0.15) is 102 Å². The number of hydrogen-bond donors (Lipinski definition) is 3. The number of aromatic amines is 1. The third-order valence-corrected chi connectivity index (χ3v) is 13.5. The van der Waals surface area contributed by atoms with Gasteiger partial charge in [0.25, 0.3) is 0 Å². The Kier molecular flexibility index (Phi) is 8.73. The van der Waals surface area contributed by atoms with Gasteiger partial charge in [-0.25, -0.2) is 0 Å². The summed E-state index contributed by atoms with van der Waals surface area (Å²) in [5, 5.41) is 18.7. The number of piperidine rings is 1. The number of fused-ring (bicyclic) bond motifs is 5. The Bertz CT molecular complexity index is 1840. The Morgan fingerprint density at radius 3 is 2.64 bits per heavy atom. The lowest BCUT2D eigenvalue weighted by atomic mass is 9.54. The fourth-order valence-corrected chi connectivity index (χ4v) is 11.3. The number of carbonyl (C=O) groups is 1. The summed E-state index contributed by atoms with van der Waals surface area (Å²) in [7, 11) is 0. The van der Waals surface area contributed by atoms with Gasteiger partial charge in [0.05, 0.1) is 22.9 Å². The van der Waals surface area contributed by atoms with E-state index in [-0.39, 0.29) is 23.3 Å². The molecule has 3 fully saturated rings. The van der Waals surface area contributed by atoms with Crippen molar-refractivity contribution in [3.8, 4) is 0 Å². The Hall–Kier alpha value is -3.26. The molecule has 1 aromatic carbocycles. The van der Waals surface area contributed by atoms with Gasteiger partial charge in [-0.05, 0) is 139 Å². The van der Waals surface area contributed by atoms with Crippen LogP contribution in [0.4, 0.5) is 5.69 Å². The van der Waals surface area contributed by atoms with E-state index in [0.29, 0.717) is 12.0 Å². The van der Waals surface area contributed by atoms with Crippen LogP contribution in [0.5, 0.6) is 0 Å². The monoisotopic (exact) mass is 673 g/mol. The molecule has 0 radical (unpaired) electrons. The number of aromatic nitrogens is 2. The number of pyridine rings is 1. The maximum Gasteiger partial charge on any atom is 0.227 e. The van der Waals surface area contributed by atoms with Crippen LogP contribution in [0.3, 0.4) is 0 Å². The van der Waals surface area contributed by atoms with E-state index in [9.17, 15) is 9.90 Å². The molecular formula is C43H55N5O2. The number of anilines is 1. The van der Waals surface area contributed by atoms with Crippen molar-refractivity contribution in [2.24, 2.45) is 17.3 Å². The van der Waals surface area contributed by atoms with Crippen molar-refractivity contribution in [2.45, 2.75) is 114 Å². The number of H-pyrrole nitrogens is 1. The number of hydrogen-bond acceptors (Lipinski definition) is 5. The van der Waals surface area contributed by atoms with Crippen LogP contribution < -0.4 is 5.32 Å². The van der Waals surface area contributed by atoms with Crippen LogP contribution in [-0.2, 0) is 4.79 Å². The molecule has 4 aliphatic heterocycles. The largest absolute Gasteiger partial charge is 0.384 e. The van der Waals surface area contributed by atoms with E-state index >= 15 is 0 Å². The minimum absolute atomic E-state index is 0.0549. The first-order chi connectivity index (χ1) is 24.5. The molecule has 3 N–H and O–H groups in total. The Morgan fingerprint density at radius 2 is 1.74 bits per heavy atom. The van der Waals surface area contributed by atoms with E-state index in [4.69, 9.17) is 4.98 Å². The minimum atomic E-state index is -0.957. The average Bonchev–Trinajstić information content (AvgIpc) is 3.64. The number of allylic oxidation sites excluding steroid dienone is 4. The van der Waals surface area contributed by atoms with Gasteiger partial charge in [-0.2, -0.15) is 0 Å². The normalized spacial score (nSPS) is 35.1. The highest BCUT2D eigenvalue weighted by Gasteiger charge is 2.65. The maximum absolute atomic E-state index is 13.2. The van der Waals surface area contributed by atoms with Crippen LogP contribution in [0, 0.1) is 17.3 Å². The molecule has 1 spiro atoms. The molecule has 7 nitrogen and oxygen atoms in total. The summed E-state index contributed by atoms with van der Waals surface area (Å²) in [6, 6.07) is 8.86. The standard InChI is InChI=1S/C43H55N5O2/c49-40(30-14-8-7-9-15-30)45-31-17-18-37-34(26-31)33-19-22-44-38(39(33)46-37)35-28-43(50)21-11-4-1-2-5-12-23-47-25-20-36(35)42(29-47)27-32-16-10-3-6-13-24-48(32)41(42)43/h1,4,10,16-19,22,26,28,30,32,36,41,46,50H,2-3,5-9,11-15,20-21,23-25,27,29H2,(H,45,49)/b4-1-,16-10-/t32-,36-,41+,42-,43-/m0/s1. The van der Waals surface area contributed by atoms with Crippen LogP contribution >= 0.6 is 0 Å². The molecule has 3 bridgehead atoms. The third-order valence-electron chi connectivity index (χ3n) is 13.5. The van der Waals surface area contributed by atoms with Crippen molar-refractivity contribution in [3.63, 3.8) is 0 Å². The van der Waals surface area contributed by atoms with Gasteiger partial charge in [-0.15, -0.1) is 0 Å². The molecule has 264 valence electrons. The zero-order valence-corrected chi connectivity index (χ0v) is 29.7. The van der Waals surface area contributed by atoms with E-state index in [2.05, 4.69) is 68.7 Å².